The summed E-state index contributed by atoms with van der Waals surface area (Å²) in [5.74, 6) is 6.59. The first-order valence-corrected chi connectivity index (χ1v) is 9.84. The Kier molecular flexibility index (Phi) is 3.06. The second-order valence-electron chi connectivity index (χ2n) is 9.51. The van der Waals surface area contributed by atoms with Gasteiger partial charge in [-0.15, -0.1) is 0 Å². The van der Waals surface area contributed by atoms with E-state index in [1.807, 2.05) is 20.8 Å². The van der Waals surface area contributed by atoms with Crippen molar-refractivity contribution in [3.05, 3.63) is 34.9 Å². The fourth-order valence-electron chi connectivity index (χ4n) is 7.23. The van der Waals surface area contributed by atoms with Crippen LogP contribution in [0.1, 0.15) is 53.4 Å². The molecule has 5 atom stereocenters. The molecule has 26 heavy (non-hydrogen) atoms. The Hall–Kier alpha value is -1.34. The molecular formula is C23H28O3. The van der Waals surface area contributed by atoms with Gasteiger partial charge in [0.2, 0.25) is 0 Å². The highest BCUT2D eigenvalue weighted by atomic mass is 16.8. The molecular weight excluding hydrogens is 324 g/mol. The van der Waals surface area contributed by atoms with E-state index in [1.165, 1.54) is 18.4 Å². The van der Waals surface area contributed by atoms with Crippen LogP contribution in [0.3, 0.4) is 0 Å². The van der Waals surface area contributed by atoms with Gasteiger partial charge in [0.1, 0.15) is 11.7 Å². The Morgan fingerprint density at radius 2 is 2.15 bits per heavy atom. The Labute approximate surface area is 156 Å². The van der Waals surface area contributed by atoms with Gasteiger partial charge in [-0.25, -0.2) is 0 Å². The first kappa shape index (κ1) is 16.8. The quantitative estimate of drug-likeness (QED) is 0.728. The molecule has 0 unspecified atom stereocenters. The van der Waals surface area contributed by atoms with E-state index in [4.69, 9.17) is 9.47 Å². The second-order valence-corrected chi connectivity index (χ2v) is 9.51. The first-order valence-electron chi connectivity index (χ1n) is 9.84. The Bertz CT molecular complexity index is 850. The second kappa shape index (κ2) is 4.73. The maximum absolute atomic E-state index is 10.2. The summed E-state index contributed by atoms with van der Waals surface area (Å²) in [4.78, 5) is 0. The van der Waals surface area contributed by atoms with Gasteiger partial charge < -0.3 is 14.6 Å². The fourth-order valence-corrected chi connectivity index (χ4v) is 7.23. The molecule has 1 saturated heterocycles. The third-order valence-electron chi connectivity index (χ3n) is 7.69. The highest BCUT2D eigenvalue weighted by Gasteiger charge is 2.88. The molecule has 5 aliphatic rings. The largest absolute Gasteiger partial charge is 0.392 e. The monoisotopic (exact) mass is 352 g/mol. The number of hydrogen-bond acceptors (Lipinski definition) is 3. The maximum atomic E-state index is 10.2. The molecule has 3 nitrogen and oxygen atoms in total. The summed E-state index contributed by atoms with van der Waals surface area (Å²) in [7, 11) is 0. The molecule has 1 aliphatic heterocycles. The van der Waals surface area contributed by atoms with E-state index < -0.39 is 5.79 Å². The van der Waals surface area contributed by atoms with Crippen LogP contribution in [-0.4, -0.2) is 29.2 Å². The lowest BCUT2D eigenvalue weighted by Gasteiger charge is -2.80. The first-order chi connectivity index (χ1) is 12.2. The van der Waals surface area contributed by atoms with E-state index in [0.29, 0.717) is 5.92 Å². The lowest BCUT2D eigenvalue weighted by molar-refractivity contribution is -0.300. The van der Waals surface area contributed by atoms with Gasteiger partial charge in [0, 0.05) is 16.4 Å². The van der Waals surface area contributed by atoms with Crippen molar-refractivity contribution in [2.45, 2.75) is 70.9 Å². The summed E-state index contributed by atoms with van der Waals surface area (Å²) in [5.41, 5.74) is 3.98. The Morgan fingerprint density at radius 3 is 2.85 bits per heavy atom. The average Bonchev–Trinajstić information content (AvgIpc) is 2.75. The summed E-state index contributed by atoms with van der Waals surface area (Å²) in [6.07, 6.45) is 6.71. The van der Waals surface area contributed by atoms with Crippen LogP contribution < -0.4 is 0 Å². The van der Waals surface area contributed by atoms with Crippen LogP contribution in [-0.2, 0) is 9.47 Å². The fraction of sp³-hybridized carbons (Fsp3) is 0.652. The van der Waals surface area contributed by atoms with E-state index in [1.54, 1.807) is 0 Å². The van der Waals surface area contributed by atoms with Gasteiger partial charge in [-0.3, -0.25) is 0 Å². The van der Waals surface area contributed by atoms with Crippen LogP contribution in [0.15, 0.2) is 34.9 Å². The van der Waals surface area contributed by atoms with Crippen LogP contribution in [0.4, 0.5) is 0 Å². The molecule has 0 aromatic heterocycles. The summed E-state index contributed by atoms with van der Waals surface area (Å²) in [6.45, 7) is 12.3. The van der Waals surface area contributed by atoms with Crippen LogP contribution in [0.5, 0.6) is 0 Å². The van der Waals surface area contributed by atoms with Gasteiger partial charge in [0.25, 0.3) is 0 Å². The van der Waals surface area contributed by atoms with E-state index in [9.17, 15) is 5.11 Å². The van der Waals surface area contributed by atoms with E-state index in [2.05, 4.69) is 31.4 Å². The Morgan fingerprint density at radius 1 is 1.38 bits per heavy atom. The van der Waals surface area contributed by atoms with E-state index in [0.717, 1.165) is 29.6 Å². The third-order valence-corrected chi connectivity index (χ3v) is 7.69. The molecule has 3 heteroatoms. The minimum atomic E-state index is -0.577. The molecule has 0 radical (unpaired) electrons. The van der Waals surface area contributed by atoms with Crippen molar-refractivity contribution < 1.29 is 14.6 Å². The molecule has 1 heterocycles. The summed E-state index contributed by atoms with van der Waals surface area (Å²) < 4.78 is 13.1. The number of ether oxygens (including phenoxy) is 2. The van der Waals surface area contributed by atoms with Gasteiger partial charge in [0.15, 0.2) is 5.79 Å². The zero-order valence-corrected chi connectivity index (χ0v) is 16.2. The molecule has 0 amide bonds. The normalized spacial score (nSPS) is 46.6. The van der Waals surface area contributed by atoms with Crippen LogP contribution in [0.2, 0.25) is 0 Å². The minimum absolute atomic E-state index is 0.0195. The molecule has 0 aromatic rings. The molecule has 4 aliphatic carbocycles. The average molecular weight is 352 g/mol. The number of hydrogen-bond donors (Lipinski definition) is 1. The molecule has 138 valence electrons. The topological polar surface area (TPSA) is 38.7 Å². The lowest BCUT2D eigenvalue weighted by atomic mass is 9.24. The van der Waals surface area contributed by atoms with Gasteiger partial charge in [-0.1, -0.05) is 31.8 Å². The molecule has 0 bridgehead atoms. The van der Waals surface area contributed by atoms with Crippen LogP contribution >= 0.6 is 0 Å². The molecule has 0 aromatic carbocycles. The summed E-state index contributed by atoms with van der Waals surface area (Å²) in [6, 6.07) is 0. The molecule has 2 spiro atoms. The molecule has 5 rings (SSSR count). The van der Waals surface area contributed by atoms with Crippen molar-refractivity contribution in [1.82, 2.24) is 0 Å². The number of aliphatic hydroxyl groups is 1. The van der Waals surface area contributed by atoms with Gasteiger partial charge in [-0.05, 0) is 68.7 Å². The third kappa shape index (κ3) is 1.56. The van der Waals surface area contributed by atoms with Crippen molar-refractivity contribution in [1.29, 1.82) is 0 Å². The highest BCUT2D eigenvalue weighted by molar-refractivity contribution is 5.64. The zero-order chi connectivity index (χ0) is 18.5. The standard InChI is InChI=1S/C23H28O3/c1-14(2)8-9-16-11-15(13-24)18-19-22(26-20(3,4)25-19)10-6-7-17-12-21(16,5)23(17,18)22/h11,17,19,24H,1,6-7,10,12-13H2,2-5H3/t17-,19+,21+,22+,23+/m1/s1. The van der Waals surface area contributed by atoms with Crippen molar-refractivity contribution in [2.24, 2.45) is 16.7 Å². The highest BCUT2D eigenvalue weighted by Crippen LogP contribution is 2.86. The van der Waals surface area contributed by atoms with Gasteiger partial charge in [0.05, 0.1) is 6.61 Å². The summed E-state index contributed by atoms with van der Waals surface area (Å²) in [5, 5.41) is 10.2. The Balaban J connectivity index is 1.74. The number of rotatable bonds is 1. The van der Waals surface area contributed by atoms with Crippen molar-refractivity contribution in [3.8, 4) is 11.8 Å². The predicted molar refractivity (Wildman–Crippen MR) is 100 cm³/mol. The smallest absolute Gasteiger partial charge is 0.164 e. The minimum Gasteiger partial charge on any atom is -0.392 e. The van der Waals surface area contributed by atoms with Crippen LogP contribution in [0, 0.1) is 28.6 Å². The molecule has 3 saturated carbocycles. The lowest BCUT2D eigenvalue weighted by Crippen LogP contribution is -2.83. The molecule has 4 fully saturated rings. The SMILES string of the molecule is C=C(C)C#CC1=CC(CO)=C2[C@@H]3OC(C)(C)O[C@@]34CCC[C@@H]3C[C@]1(C)[C@@]234. The van der Waals surface area contributed by atoms with Gasteiger partial charge >= 0.3 is 0 Å². The maximum Gasteiger partial charge on any atom is 0.164 e. The van der Waals surface area contributed by atoms with Crippen molar-refractivity contribution in [3.63, 3.8) is 0 Å². The summed E-state index contributed by atoms with van der Waals surface area (Å²) >= 11 is 0. The van der Waals surface area contributed by atoms with E-state index in [-0.39, 0.29) is 29.1 Å². The van der Waals surface area contributed by atoms with Crippen LogP contribution in [0.25, 0.3) is 0 Å². The number of fused-ring (bicyclic) bond motifs is 1. The number of allylic oxidation sites excluding steroid dienone is 2. The number of aliphatic hydroxyl groups excluding tert-OH is 1. The predicted octanol–water partition coefficient (Wildman–Crippen LogP) is 3.90. The molecule has 1 N–H and O–H groups in total. The van der Waals surface area contributed by atoms with Crippen molar-refractivity contribution >= 4 is 0 Å². The zero-order valence-electron chi connectivity index (χ0n) is 16.2. The van der Waals surface area contributed by atoms with Gasteiger partial charge in [-0.2, -0.15) is 0 Å². The van der Waals surface area contributed by atoms with E-state index >= 15 is 0 Å². The van der Waals surface area contributed by atoms with Crippen molar-refractivity contribution in [2.75, 3.05) is 6.61 Å².